The molecule has 1 aromatic heterocycles. The van der Waals surface area contributed by atoms with Crippen LogP contribution in [0.15, 0.2) is 53.3 Å². The molecule has 1 N–H and O–H groups in total. The van der Waals surface area contributed by atoms with Crippen molar-refractivity contribution in [1.29, 1.82) is 0 Å². The Balaban J connectivity index is 1.61. The first kappa shape index (κ1) is 16.1. The van der Waals surface area contributed by atoms with Gasteiger partial charge in [-0.25, -0.2) is 4.68 Å². The van der Waals surface area contributed by atoms with E-state index in [4.69, 9.17) is 11.6 Å². The number of carbonyl (C=O) groups excluding carboxylic acids is 1. The van der Waals surface area contributed by atoms with Gasteiger partial charge in [0.25, 0.3) is 5.56 Å². The second kappa shape index (κ2) is 7.23. The number of rotatable bonds is 5. The van der Waals surface area contributed by atoms with Gasteiger partial charge in [-0.2, -0.15) is 0 Å². The number of carbonyl (C=O) groups is 1. The third-order valence-corrected chi connectivity index (χ3v) is 3.98. The van der Waals surface area contributed by atoms with E-state index in [2.05, 4.69) is 15.6 Å². The van der Waals surface area contributed by atoms with Gasteiger partial charge in [-0.3, -0.25) is 9.59 Å². The number of hydrogen-bond donors (Lipinski definition) is 1. The fraction of sp³-hybridized carbons (Fsp3) is 0.176. The highest BCUT2D eigenvalue weighted by atomic mass is 35.5. The molecule has 0 aliphatic carbocycles. The molecule has 122 valence electrons. The number of nitrogens with one attached hydrogen (secondary N) is 1. The Morgan fingerprint density at radius 2 is 1.88 bits per heavy atom. The minimum Gasteiger partial charge on any atom is -0.352 e. The van der Waals surface area contributed by atoms with Crippen LogP contribution >= 0.6 is 11.6 Å². The highest BCUT2D eigenvalue weighted by molar-refractivity contribution is 6.31. The zero-order valence-corrected chi connectivity index (χ0v) is 13.5. The fourth-order valence-corrected chi connectivity index (χ4v) is 2.50. The maximum absolute atomic E-state index is 12.3. The molecule has 6 nitrogen and oxygen atoms in total. The molecule has 3 aromatic rings. The molecular formula is C17H15ClN4O2. The SMILES string of the molecule is O=C(CCn1nnc2ccccc2c1=O)NCc1ccccc1Cl. The van der Waals surface area contributed by atoms with Gasteiger partial charge in [0.15, 0.2) is 0 Å². The first-order chi connectivity index (χ1) is 11.6. The predicted molar refractivity (Wildman–Crippen MR) is 91.7 cm³/mol. The minimum absolute atomic E-state index is 0.136. The van der Waals surface area contributed by atoms with Gasteiger partial charge >= 0.3 is 0 Å². The molecule has 0 saturated heterocycles. The summed E-state index contributed by atoms with van der Waals surface area (Å²) in [5.74, 6) is -0.184. The zero-order chi connectivity index (χ0) is 16.9. The molecule has 0 unspecified atom stereocenters. The molecule has 0 atom stereocenters. The Kier molecular flexibility index (Phi) is 4.86. The minimum atomic E-state index is -0.250. The number of aromatic nitrogens is 3. The average Bonchev–Trinajstić information content (AvgIpc) is 2.61. The smallest absolute Gasteiger partial charge is 0.277 e. The van der Waals surface area contributed by atoms with Crippen molar-refractivity contribution < 1.29 is 4.79 Å². The second-order valence-electron chi connectivity index (χ2n) is 5.25. The normalized spacial score (nSPS) is 10.7. The quantitative estimate of drug-likeness (QED) is 0.770. The molecule has 0 aliphatic rings. The largest absolute Gasteiger partial charge is 0.352 e. The van der Waals surface area contributed by atoms with Gasteiger partial charge in [0, 0.05) is 18.0 Å². The molecule has 7 heteroatoms. The van der Waals surface area contributed by atoms with Crippen LogP contribution in [0.2, 0.25) is 5.02 Å². The summed E-state index contributed by atoms with van der Waals surface area (Å²) >= 11 is 6.04. The van der Waals surface area contributed by atoms with Crippen molar-refractivity contribution in [3.63, 3.8) is 0 Å². The number of nitrogens with zero attached hydrogens (tertiary/aromatic N) is 3. The summed E-state index contributed by atoms with van der Waals surface area (Å²) in [4.78, 5) is 24.2. The van der Waals surface area contributed by atoms with Gasteiger partial charge in [-0.05, 0) is 23.8 Å². The van der Waals surface area contributed by atoms with Crippen LogP contribution in [0.25, 0.3) is 10.9 Å². The summed E-state index contributed by atoms with van der Waals surface area (Å²) in [7, 11) is 0. The first-order valence-corrected chi connectivity index (χ1v) is 7.85. The lowest BCUT2D eigenvalue weighted by atomic mass is 10.2. The summed E-state index contributed by atoms with van der Waals surface area (Å²) in [5, 5.41) is 11.7. The number of hydrogen-bond acceptors (Lipinski definition) is 4. The second-order valence-corrected chi connectivity index (χ2v) is 5.66. The standard InChI is InChI=1S/C17H15ClN4O2/c18-14-7-3-1-5-12(14)11-19-16(23)9-10-22-17(24)13-6-2-4-8-15(13)20-21-22/h1-8H,9-11H2,(H,19,23). The number of aryl methyl sites for hydroxylation is 1. The molecule has 1 heterocycles. The van der Waals surface area contributed by atoms with Gasteiger partial charge in [0.2, 0.25) is 5.91 Å². The van der Waals surface area contributed by atoms with E-state index in [1.165, 1.54) is 4.68 Å². The van der Waals surface area contributed by atoms with Crippen LogP contribution in [0, 0.1) is 0 Å². The summed E-state index contributed by atoms with van der Waals surface area (Å²) < 4.78 is 1.21. The van der Waals surface area contributed by atoms with Crippen LogP contribution in [-0.2, 0) is 17.9 Å². The molecule has 0 fully saturated rings. The van der Waals surface area contributed by atoms with Gasteiger partial charge in [0.1, 0.15) is 5.52 Å². The first-order valence-electron chi connectivity index (χ1n) is 7.48. The van der Waals surface area contributed by atoms with E-state index in [0.717, 1.165) is 5.56 Å². The zero-order valence-electron chi connectivity index (χ0n) is 12.8. The van der Waals surface area contributed by atoms with Crippen LogP contribution in [0.1, 0.15) is 12.0 Å². The Bertz CT molecular complexity index is 939. The predicted octanol–water partition coefficient (Wildman–Crippen LogP) is 2.15. The van der Waals surface area contributed by atoms with Crippen molar-refractivity contribution >= 4 is 28.4 Å². The number of halogens is 1. The summed E-state index contributed by atoms with van der Waals surface area (Å²) in [6.07, 6.45) is 0.136. The fourth-order valence-electron chi connectivity index (χ4n) is 2.30. The van der Waals surface area contributed by atoms with Crippen LogP contribution < -0.4 is 10.9 Å². The van der Waals surface area contributed by atoms with Crippen molar-refractivity contribution in [2.75, 3.05) is 0 Å². The van der Waals surface area contributed by atoms with Crippen molar-refractivity contribution in [3.8, 4) is 0 Å². The molecule has 0 aliphatic heterocycles. The molecule has 2 aromatic carbocycles. The number of fused-ring (bicyclic) bond motifs is 1. The van der Waals surface area contributed by atoms with Gasteiger partial charge in [-0.15, -0.1) is 5.10 Å². The third-order valence-electron chi connectivity index (χ3n) is 3.61. The van der Waals surface area contributed by atoms with Gasteiger partial charge < -0.3 is 5.32 Å². The average molecular weight is 343 g/mol. The number of benzene rings is 2. The molecule has 24 heavy (non-hydrogen) atoms. The van der Waals surface area contributed by atoms with Gasteiger partial charge in [0.05, 0.1) is 11.9 Å². The van der Waals surface area contributed by atoms with Crippen molar-refractivity contribution in [2.45, 2.75) is 19.5 Å². The van der Waals surface area contributed by atoms with Crippen LogP contribution in [-0.4, -0.2) is 20.9 Å². The molecule has 0 spiro atoms. The Labute approximate surface area is 143 Å². The molecule has 0 radical (unpaired) electrons. The van der Waals surface area contributed by atoms with Crippen molar-refractivity contribution in [3.05, 3.63) is 69.5 Å². The summed E-state index contributed by atoms with van der Waals surface area (Å²) in [5.41, 5.74) is 1.14. The van der Waals surface area contributed by atoms with Crippen LogP contribution in [0.3, 0.4) is 0 Å². The van der Waals surface area contributed by atoms with Crippen LogP contribution in [0.4, 0.5) is 0 Å². The monoisotopic (exact) mass is 342 g/mol. The molecule has 3 rings (SSSR count). The summed E-state index contributed by atoms with van der Waals surface area (Å²) in [6.45, 7) is 0.516. The highest BCUT2D eigenvalue weighted by Gasteiger charge is 2.08. The van der Waals surface area contributed by atoms with E-state index in [1.807, 2.05) is 18.2 Å². The Hall–Kier alpha value is -2.73. The molecule has 0 saturated carbocycles. The maximum Gasteiger partial charge on any atom is 0.277 e. The Morgan fingerprint density at radius 1 is 1.12 bits per heavy atom. The van der Waals surface area contributed by atoms with Crippen LogP contribution in [0.5, 0.6) is 0 Å². The van der Waals surface area contributed by atoms with E-state index in [9.17, 15) is 9.59 Å². The maximum atomic E-state index is 12.3. The topological polar surface area (TPSA) is 76.9 Å². The molecular weight excluding hydrogens is 328 g/mol. The van der Waals surface area contributed by atoms with Gasteiger partial charge in [-0.1, -0.05) is 47.1 Å². The van der Waals surface area contributed by atoms with E-state index >= 15 is 0 Å². The lowest BCUT2D eigenvalue weighted by Crippen LogP contribution is -2.29. The lowest BCUT2D eigenvalue weighted by molar-refractivity contribution is -0.121. The third kappa shape index (κ3) is 3.60. The van der Waals surface area contributed by atoms with Crippen molar-refractivity contribution in [1.82, 2.24) is 20.3 Å². The lowest BCUT2D eigenvalue weighted by Gasteiger charge is -2.07. The van der Waals surface area contributed by atoms with E-state index in [1.54, 1.807) is 30.3 Å². The Morgan fingerprint density at radius 3 is 2.71 bits per heavy atom. The highest BCUT2D eigenvalue weighted by Crippen LogP contribution is 2.14. The van der Waals surface area contributed by atoms with E-state index in [0.29, 0.717) is 22.5 Å². The van der Waals surface area contributed by atoms with E-state index < -0.39 is 0 Å². The van der Waals surface area contributed by atoms with E-state index in [-0.39, 0.29) is 24.4 Å². The molecule has 1 amide bonds. The summed E-state index contributed by atoms with van der Waals surface area (Å²) in [6, 6.07) is 14.3. The van der Waals surface area contributed by atoms with Crippen molar-refractivity contribution in [2.24, 2.45) is 0 Å². The number of amides is 1. The molecule has 0 bridgehead atoms.